The molecule has 274 valence electrons. The molecule has 3 amide bonds. The Morgan fingerprint density at radius 2 is 1.80 bits per heavy atom. The lowest BCUT2D eigenvalue weighted by Crippen LogP contribution is -2.56. The molecule has 14 heteroatoms. The highest BCUT2D eigenvalue weighted by atomic mass is 32.1. The van der Waals surface area contributed by atoms with Gasteiger partial charge in [0.05, 0.1) is 19.3 Å². The molecule has 3 atom stereocenters. The molecule has 0 bridgehead atoms. The zero-order chi connectivity index (χ0) is 36.3. The number of amides is 3. The molecule has 2 fully saturated rings. The zero-order valence-corrected chi connectivity index (χ0v) is 30.5. The van der Waals surface area contributed by atoms with Crippen molar-refractivity contribution in [3.05, 3.63) is 45.9 Å². The van der Waals surface area contributed by atoms with Gasteiger partial charge in [0.2, 0.25) is 17.6 Å². The second kappa shape index (κ2) is 18.3. The monoisotopic (exact) mass is 714 g/mol. The van der Waals surface area contributed by atoms with Crippen LogP contribution in [0, 0.1) is 5.92 Å². The summed E-state index contributed by atoms with van der Waals surface area (Å²) >= 11 is 1.35. The number of ketones is 1. The summed E-state index contributed by atoms with van der Waals surface area (Å²) in [5.41, 5.74) is -0.00182. The number of thiazole rings is 1. The van der Waals surface area contributed by atoms with Crippen molar-refractivity contribution >= 4 is 41.5 Å². The molecule has 4 rings (SSSR count). The molecule has 1 saturated heterocycles. The first kappa shape index (κ1) is 38.8. The summed E-state index contributed by atoms with van der Waals surface area (Å²) in [4.78, 5) is 71.9. The van der Waals surface area contributed by atoms with Crippen LogP contribution in [0.5, 0.6) is 5.75 Å². The Hall–Kier alpha value is -4.04. The molecule has 13 nitrogen and oxygen atoms in total. The Labute approximate surface area is 298 Å². The normalized spacial score (nSPS) is 17.8. The van der Waals surface area contributed by atoms with Crippen LogP contribution in [-0.2, 0) is 28.6 Å². The molecule has 1 aliphatic carbocycles. The maximum absolute atomic E-state index is 14.3. The minimum atomic E-state index is -0.850. The van der Waals surface area contributed by atoms with E-state index in [1.807, 2.05) is 0 Å². The van der Waals surface area contributed by atoms with Gasteiger partial charge in [-0.15, -0.1) is 11.3 Å². The summed E-state index contributed by atoms with van der Waals surface area (Å²) in [5.74, 6) is -0.344. The number of rotatable bonds is 16. The zero-order valence-electron chi connectivity index (χ0n) is 29.7. The van der Waals surface area contributed by atoms with Gasteiger partial charge in [-0.05, 0) is 71.4 Å². The highest BCUT2D eigenvalue weighted by molar-refractivity contribution is 7.10. The van der Waals surface area contributed by atoms with Crippen molar-refractivity contribution in [3.63, 3.8) is 0 Å². The van der Waals surface area contributed by atoms with Crippen LogP contribution >= 0.6 is 11.3 Å². The molecule has 1 unspecified atom stereocenters. The summed E-state index contributed by atoms with van der Waals surface area (Å²) in [6.07, 6.45) is 5.57. The van der Waals surface area contributed by atoms with Crippen molar-refractivity contribution in [3.8, 4) is 5.75 Å². The second-order valence-electron chi connectivity index (χ2n) is 13.7. The van der Waals surface area contributed by atoms with Gasteiger partial charge in [-0.1, -0.05) is 31.4 Å². The van der Waals surface area contributed by atoms with Crippen molar-refractivity contribution < 1.29 is 42.9 Å². The number of carbonyl (C=O) groups is 5. The van der Waals surface area contributed by atoms with E-state index < -0.39 is 29.7 Å². The van der Waals surface area contributed by atoms with Crippen LogP contribution in [-0.4, -0.2) is 103 Å². The fourth-order valence-corrected chi connectivity index (χ4v) is 7.10. The van der Waals surface area contributed by atoms with Crippen LogP contribution in [0.2, 0.25) is 0 Å². The molecule has 0 radical (unpaired) electrons. The average molecular weight is 715 g/mol. The lowest BCUT2D eigenvalue weighted by atomic mass is 9.83. The molecule has 2 heterocycles. The number of hydrogen-bond acceptors (Lipinski definition) is 11. The lowest BCUT2D eigenvalue weighted by molar-refractivity contribution is -0.140. The number of nitrogens with zero attached hydrogens (tertiary/aromatic N) is 3. The van der Waals surface area contributed by atoms with E-state index >= 15 is 0 Å². The first-order valence-electron chi connectivity index (χ1n) is 17.3. The van der Waals surface area contributed by atoms with E-state index in [9.17, 15) is 24.0 Å². The highest BCUT2D eigenvalue weighted by Gasteiger charge is 2.41. The summed E-state index contributed by atoms with van der Waals surface area (Å²) < 4.78 is 21.1. The summed E-state index contributed by atoms with van der Waals surface area (Å²) in [5, 5.41) is 5.42. The third-order valence-electron chi connectivity index (χ3n) is 8.91. The van der Waals surface area contributed by atoms with Crippen LogP contribution in [0.3, 0.4) is 0 Å². The molecule has 1 aromatic heterocycles. The Bertz CT molecular complexity index is 1470. The number of aromatic nitrogens is 1. The minimum Gasteiger partial charge on any atom is -0.491 e. The predicted octanol–water partition coefficient (Wildman–Crippen LogP) is 4.93. The van der Waals surface area contributed by atoms with Crippen LogP contribution < -0.4 is 10.1 Å². The average Bonchev–Trinajstić information content (AvgIpc) is 3.79. The van der Waals surface area contributed by atoms with Crippen molar-refractivity contribution in [2.24, 2.45) is 5.92 Å². The molecule has 2 aliphatic rings. The summed E-state index contributed by atoms with van der Waals surface area (Å²) in [6, 6.07) is 4.93. The molecule has 2 aromatic rings. The van der Waals surface area contributed by atoms with E-state index in [0.717, 1.165) is 38.5 Å². The first-order chi connectivity index (χ1) is 23.9. The van der Waals surface area contributed by atoms with Crippen LogP contribution in [0.1, 0.15) is 99.7 Å². The van der Waals surface area contributed by atoms with Crippen LogP contribution in [0.4, 0.5) is 4.79 Å². The van der Waals surface area contributed by atoms with Gasteiger partial charge >= 0.3 is 6.09 Å². The van der Waals surface area contributed by atoms with E-state index in [2.05, 4.69) is 10.1 Å². The number of benzene rings is 1. The number of carbonyl (C=O) groups excluding carboxylic acids is 5. The predicted molar refractivity (Wildman–Crippen MR) is 186 cm³/mol. The third kappa shape index (κ3) is 10.7. The Balaban J connectivity index is 1.43. The highest BCUT2D eigenvalue weighted by Crippen LogP contribution is 2.36. The SMILES string of the molecule is C[C@@H](C(=O)N[C@H](C(=O)N1CCCC1c1nc(C(=O)c2cccc(OCCOCCOC=O)c2)cs1)C1CCCCC1)N(C)C(=O)OC(C)(C)C. The summed E-state index contributed by atoms with van der Waals surface area (Å²) in [6.45, 7) is 8.78. The van der Waals surface area contributed by atoms with Crippen LogP contribution in [0.15, 0.2) is 29.6 Å². The van der Waals surface area contributed by atoms with E-state index in [-0.39, 0.29) is 49.2 Å². The summed E-state index contributed by atoms with van der Waals surface area (Å²) in [7, 11) is 1.52. The van der Waals surface area contributed by atoms with Crippen molar-refractivity contribution in [1.29, 1.82) is 0 Å². The Kier molecular flexibility index (Phi) is 14.2. The van der Waals surface area contributed by atoms with Crippen molar-refractivity contribution in [2.45, 2.75) is 96.4 Å². The number of nitrogens with one attached hydrogen (secondary N) is 1. The smallest absolute Gasteiger partial charge is 0.410 e. The standard InChI is InChI=1S/C36H50N4O9S/c1-24(39(5)35(45)49-36(2,3)4)32(43)38-30(25-11-7-6-8-12-25)34(44)40-16-10-15-29(40)33-37-28(22-50-33)31(42)26-13-9-14-27(21-26)48-20-19-46-17-18-47-23-41/h9,13-14,21-25,29-30H,6-8,10-12,15-20H2,1-5H3,(H,38,43)/t24-,29?,30-/m0/s1. The van der Waals surface area contributed by atoms with Crippen molar-refractivity contribution in [1.82, 2.24) is 20.1 Å². The maximum atomic E-state index is 14.3. The number of ether oxygens (including phenoxy) is 4. The largest absolute Gasteiger partial charge is 0.491 e. The number of hydrogen-bond donors (Lipinski definition) is 1. The van der Waals surface area contributed by atoms with Gasteiger partial charge in [0.1, 0.15) is 47.3 Å². The number of likely N-dealkylation sites (tertiary alicyclic amines) is 1. The number of likely N-dealkylation sites (N-methyl/N-ethyl adjacent to an activating group) is 1. The maximum Gasteiger partial charge on any atom is 0.410 e. The van der Waals surface area contributed by atoms with E-state index in [1.165, 1.54) is 23.3 Å². The second-order valence-corrected chi connectivity index (χ2v) is 14.6. The van der Waals surface area contributed by atoms with Gasteiger partial charge in [0.15, 0.2) is 0 Å². The third-order valence-corrected chi connectivity index (χ3v) is 9.85. The molecule has 1 aliphatic heterocycles. The van der Waals surface area contributed by atoms with Gasteiger partial charge < -0.3 is 29.2 Å². The fraction of sp³-hybridized carbons (Fsp3) is 0.611. The minimum absolute atomic E-state index is 0.0218. The molecular weight excluding hydrogens is 664 g/mol. The molecule has 1 N–H and O–H groups in total. The molecule has 50 heavy (non-hydrogen) atoms. The van der Waals surface area contributed by atoms with Gasteiger partial charge in [-0.3, -0.25) is 24.1 Å². The van der Waals surface area contributed by atoms with E-state index in [1.54, 1.807) is 62.2 Å². The fourth-order valence-electron chi connectivity index (χ4n) is 6.15. The van der Waals surface area contributed by atoms with E-state index in [0.29, 0.717) is 42.4 Å². The molecule has 0 spiro atoms. The van der Waals surface area contributed by atoms with Crippen LogP contribution in [0.25, 0.3) is 0 Å². The molecular formula is C36H50N4O9S. The Morgan fingerprint density at radius 1 is 1.06 bits per heavy atom. The van der Waals surface area contributed by atoms with E-state index in [4.69, 9.17) is 19.2 Å². The first-order valence-corrected chi connectivity index (χ1v) is 18.2. The lowest BCUT2D eigenvalue weighted by Gasteiger charge is -2.36. The van der Waals surface area contributed by atoms with Crippen molar-refractivity contribution in [2.75, 3.05) is 40.0 Å². The van der Waals surface area contributed by atoms with Gasteiger partial charge in [-0.25, -0.2) is 9.78 Å². The Morgan fingerprint density at radius 3 is 2.52 bits per heavy atom. The van der Waals surface area contributed by atoms with Gasteiger partial charge in [-0.2, -0.15) is 0 Å². The topological polar surface area (TPSA) is 154 Å². The molecule has 1 aromatic carbocycles. The van der Waals surface area contributed by atoms with Gasteiger partial charge in [0, 0.05) is 24.5 Å². The van der Waals surface area contributed by atoms with Gasteiger partial charge in [0.25, 0.3) is 6.47 Å². The molecule has 1 saturated carbocycles. The quantitative estimate of drug-likeness (QED) is 0.144.